The number of rotatable bonds is 5. The first kappa shape index (κ1) is 15.7. The Hall–Kier alpha value is -2.17. The summed E-state index contributed by atoms with van der Waals surface area (Å²) in [5, 5.41) is 0. The molecule has 1 unspecified atom stereocenters. The Balaban J connectivity index is 1.57. The Kier molecular flexibility index (Phi) is 4.74. The molecular formula is C19H21NO3. The van der Waals surface area contributed by atoms with Gasteiger partial charge >= 0.3 is 0 Å². The van der Waals surface area contributed by atoms with Crippen LogP contribution in [-0.4, -0.2) is 12.5 Å². The van der Waals surface area contributed by atoms with Crippen molar-refractivity contribution in [2.75, 3.05) is 6.61 Å². The minimum atomic E-state index is -0.324. The molecule has 0 bridgehead atoms. The van der Waals surface area contributed by atoms with Crippen molar-refractivity contribution in [1.29, 1.82) is 0 Å². The zero-order valence-electron chi connectivity index (χ0n) is 13.2. The summed E-state index contributed by atoms with van der Waals surface area (Å²) in [7, 11) is 0. The van der Waals surface area contributed by atoms with Crippen molar-refractivity contribution < 1.29 is 14.4 Å². The van der Waals surface area contributed by atoms with E-state index in [4.69, 9.17) is 9.57 Å². The number of carbonyl (C=O) groups is 1. The normalized spacial score (nSPS) is 19.9. The Bertz CT molecular complexity index is 671. The minimum Gasteiger partial charge on any atom is -0.376 e. The lowest BCUT2D eigenvalue weighted by molar-refractivity contribution is -0.136. The fourth-order valence-electron chi connectivity index (χ4n) is 3.01. The van der Waals surface area contributed by atoms with E-state index in [1.165, 1.54) is 5.56 Å². The number of fused-ring (bicyclic) bond motifs is 1. The molecule has 4 nitrogen and oxygen atoms in total. The maximum absolute atomic E-state index is 12.2. The van der Waals surface area contributed by atoms with Crippen LogP contribution in [0.25, 0.3) is 0 Å². The van der Waals surface area contributed by atoms with E-state index >= 15 is 0 Å². The number of nitrogens with one attached hydrogen (secondary N) is 1. The topological polar surface area (TPSA) is 47.6 Å². The van der Waals surface area contributed by atoms with Crippen LogP contribution in [0.3, 0.4) is 0 Å². The molecule has 0 aliphatic carbocycles. The number of hydrogen-bond donors (Lipinski definition) is 1. The van der Waals surface area contributed by atoms with E-state index in [1.807, 2.05) is 42.5 Å². The summed E-state index contributed by atoms with van der Waals surface area (Å²) in [6, 6.07) is 17.9. The summed E-state index contributed by atoms with van der Waals surface area (Å²) in [5.74, 6) is -0.135. The smallest absolute Gasteiger partial charge is 0.244 e. The highest BCUT2D eigenvalue weighted by molar-refractivity contribution is 5.76. The highest BCUT2D eigenvalue weighted by Crippen LogP contribution is 2.34. The molecule has 1 aliphatic heterocycles. The Morgan fingerprint density at radius 3 is 2.74 bits per heavy atom. The van der Waals surface area contributed by atoms with Crippen LogP contribution in [0.4, 0.5) is 0 Å². The van der Waals surface area contributed by atoms with E-state index in [0.717, 1.165) is 11.1 Å². The molecule has 1 heterocycles. The van der Waals surface area contributed by atoms with Gasteiger partial charge in [0, 0.05) is 11.8 Å². The van der Waals surface area contributed by atoms with Gasteiger partial charge in [0.15, 0.2) is 0 Å². The Morgan fingerprint density at radius 1 is 1.17 bits per heavy atom. The third kappa shape index (κ3) is 3.78. The molecular weight excluding hydrogens is 290 g/mol. The average molecular weight is 311 g/mol. The Labute approximate surface area is 136 Å². The van der Waals surface area contributed by atoms with Gasteiger partial charge in [-0.05, 0) is 16.7 Å². The lowest BCUT2D eigenvalue weighted by Crippen LogP contribution is -2.39. The summed E-state index contributed by atoms with van der Waals surface area (Å²) in [6.45, 7) is 3.56. The van der Waals surface area contributed by atoms with Crippen molar-refractivity contribution in [3.05, 3.63) is 71.3 Å². The molecule has 0 spiro atoms. The molecule has 0 fully saturated rings. The first-order valence-corrected chi connectivity index (χ1v) is 7.78. The molecule has 0 saturated heterocycles. The second kappa shape index (κ2) is 6.94. The zero-order chi connectivity index (χ0) is 16.1. The fourth-order valence-corrected chi connectivity index (χ4v) is 3.01. The molecule has 23 heavy (non-hydrogen) atoms. The molecule has 1 N–H and O–H groups in total. The van der Waals surface area contributed by atoms with Gasteiger partial charge in [-0.15, -0.1) is 0 Å². The molecule has 2 aromatic carbocycles. The molecule has 1 aliphatic rings. The number of benzene rings is 2. The van der Waals surface area contributed by atoms with E-state index in [2.05, 4.69) is 24.5 Å². The third-order valence-corrected chi connectivity index (χ3v) is 4.16. The number of hydroxylamine groups is 1. The monoisotopic (exact) mass is 311 g/mol. The van der Waals surface area contributed by atoms with Gasteiger partial charge in [0.1, 0.15) is 0 Å². The lowest BCUT2D eigenvalue weighted by atomic mass is 9.76. The first-order valence-electron chi connectivity index (χ1n) is 7.78. The summed E-state index contributed by atoms with van der Waals surface area (Å²) >= 11 is 0. The van der Waals surface area contributed by atoms with Crippen molar-refractivity contribution in [2.45, 2.75) is 32.0 Å². The van der Waals surface area contributed by atoms with Crippen molar-refractivity contribution in [3.63, 3.8) is 0 Å². The van der Waals surface area contributed by atoms with Gasteiger partial charge in [-0.25, -0.2) is 5.48 Å². The molecule has 1 atom stereocenters. The number of carbonyl (C=O) groups excluding carboxylic acids is 1. The standard InChI is InChI=1S/C19H21NO3/c1-19(14-22-13-16-9-5-6-10-17(16)19)11-18(21)20-23-12-15-7-3-2-4-8-15/h2-10H,11-14H2,1H3,(H,20,21). The third-order valence-electron chi connectivity index (χ3n) is 4.16. The van der Waals surface area contributed by atoms with Crippen LogP contribution in [-0.2, 0) is 33.0 Å². The van der Waals surface area contributed by atoms with Crippen molar-refractivity contribution >= 4 is 5.91 Å². The van der Waals surface area contributed by atoms with E-state index in [1.54, 1.807) is 0 Å². The van der Waals surface area contributed by atoms with Crippen LogP contribution in [0, 0.1) is 0 Å². The summed E-state index contributed by atoms with van der Waals surface area (Å²) in [6.07, 6.45) is 0.332. The fraction of sp³-hybridized carbons (Fsp3) is 0.316. The van der Waals surface area contributed by atoms with Gasteiger partial charge in [-0.3, -0.25) is 9.63 Å². The van der Waals surface area contributed by atoms with Crippen LogP contribution >= 0.6 is 0 Å². The van der Waals surface area contributed by atoms with Crippen molar-refractivity contribution in [2.24, 2.45) is 0 Å². The lowest BCUT2D eigenvalue weighted by Gasteiger charge is -2.35. The second-order valence-electron chi connectivity index (χ2n) is 6.19. The van der Waals surface area contributed by atoms with Crippen LogP contribution in [0.15, 0.2) is 54.6 Å². The van der Waals surface area contributed by atoms with Gasteiger partial charge in [0.2, 0.25) is 5.91 Å². The SMILES string of the molecule is CC1(CC(=O)NOCc2ccccc2)COCc2ccccc21. The molecule has 0 saturated carbocycles. The van der Waals surface area contributed by atoms with Crippen LogP contribution < -0.4 is 5.48 Å². The van der Waals surface area contributed by atoms with E-state index < -0.39 is 0 Å². The summed E-state index contributed by atoms with van der Waals surface area (Å²) in [4.78, 5) is 17.5. The van der Waals surface area contributed by atoms with Crippen LogP contribution in [0.5, 0.6) is 0 Å². The summed E-state index contributed by atoms with van der Waals surface area (Å²) in [5.41, 5.74) is 5.57. The van der Waals surface area contributed by atoms with Gasteiger partial charge in [-0.2, -0.15) is 0 Å². The quantitative estimate of drug-likeness (QED) is 0.863. The average Bonchev–Trinajstić information content (AvgIpc) is 2.56. The van der Waals surface area contributed by atoms with Crippen LogP contribution in [0.2, 0.25) is 0 Å². The molecule has 2 aromatic rings. The number of ether oxygens (including phenoxy) is 1. The number of hydrogen-bond acceptors (Lipinski definition) is 3. The van der Waals surface area contributed by atoms with Crippen LogP contribution in [0.1, 0.15) is 30.0 Å². The molecule has 3 rings (SSSR count). The maximum Gasteiger partial charge on any atom is 0.244 e. The first-order chi connectivity index (χ1) is 11.2. The predicted octanol–water partition coefficient (Wildman–Crippen LogP) is 3.11. The highest BCUT2D eigenvalue weighted by atomic mass is 16.6. The zero-order valence-corrected chi connectivity index (χ0v) is 13.2. The molecule has 0 aromatic heterocycles. The van der Waals surface area contributed by atoms with E-state index in [-0.39, 0.29) is 11.3 Å². The Morgan fingerprint density at radius 2 is 1.91 bits per heavy atom. The van der Waals surface area contributed by atoms with E-state index in [9.17, 15) is 4.79 Å². The summed E-state index contributed by atoms with van der Waals surface area (Å²) < 4.78 is 5.67. The number of amides is 1. The van der Waals surface area contributed by atoms with Gasteiger partial charge in [0.25, 0.3) is 0 Å². The molecule has 4 heteroatoms. The molecule has 0 radical (unpaired) electrons. The van der Waals surface area contributed by atoms with Gasteiger partial charge in [0.05, 0.1) is 19.8 Å². The maximum atomic E-state index is 12.2. The molecule has 120 valence electrons. The van der Waals surface area contributed by atoms with E-state index in [0.29, 0.717) is 26.2 Å². The minimum absolute atomic E-state index is 0.135. The second-order valence-corrected chi connectivity index (χ2v) is 6.19. The van der Waals surface area contributed by atoms with Crippen molar-refractivity contribution in [3.8, 4) is 0 Å². The van der Waals surface area contributed by atoms with Gasteiger partial charge in [-0.1, -0.05) is 61.5 Å². The largest absolute Gasteiger partial charge is 0.376 e. The molecule has 1 amide bonds. The highest BCUT2D eigenvalue weighted by Gasteiger charge is 2.34. The predicted molar refractivity (Wildman–Crippen MR) is 87.4 cm³/mol. The van der Waals surface area contributed by atoms with Crippen molar-refractivity contribution in [1.82, 2.24) is 5.48 Å². The van der Waals surface area contributed by atoms with Gasteiger partial charge < -0.3 is 4.74 Å².